The molecule has 0 saturated carbocycles. The summed E-state index contributed by atoms with van der Waals surface area (Å²) < 4.78 is 116. The number of hydrogen-bond acceptors (Lipinski definition) is 3. The molecule has 2 nitrogen and oxygen atoms in total. The third-order valence-electron chi connectivity index (χ3n) is 3.57. The van der Waals surface area contributed by atoms with Gasteiger partial charge in [-0.25, -0.2) is 4.31 Å². The maximum absolute atomic E-state index is 13.5. The molecule has 1 heterocycles. The van der Waals surface area contributed by atoms with E-state index in [0.717, 1.165) is 12.8 Å². The average Bonchev–Trinajstić information content (AvgIpc) is 2.47. The Morgan fingerprint density at radius 3 is 1.80 bits per heavy atom. The molecule has 148 valence electrons. The van der Waals surface area contributed by atoms with E-state index in [1.54, 1.807) is 6.08 Å². The van der Waals surface area contributed by atoms with Crippen LogP contribution in [-0.4, -0.2) is 65.2 Å². The van der Waals surface area contributed by atoms with E-state index >= 15 is 0 Å². The van der Waals surface area contributed by atoms with Crippen LogP contribution in [0, 0.1) is 0 Å². The molecule has 25 heavy (non-hydrogen) atoms. The zero-order valence-electron chi connectivity index (χ0n) is 12.9. The predicted molar refractivity (Wildman–Crippen MR) is 75.9 cm³/mol. The molecule has 0 spiro atoms. The van der Waals surface area contributed by atoms with Crippen molar-refractivity contribution >= 4 is 11.9 Å². The second-order valence-electron chi connectivity index (χ2n) is 5.46. The molecule has 1 saturated heterocycles. The number of alkyl halides is 9. The Hall–Kier alpha value is -0.620. The van der Waals surface area contributed by atoms with Gasteiger partial charge in [-0.3, -0.25) is 0 Å². The number of piperazine rings is 1. The molecule has 0 aliphatic carbocycles. The van der Waals surface area contributed by atoms with Crippen LogP contribution in [0.15, 0.2) is 12.7 Å². The molecule has 0 aromatic heterocycles. The molecular formula is C13H17F9N2S. The Morgan fingerprint density at radius 2 is 1.36 bits per heavy atom. The van der Waals surface area contributed by atoms with Crippen LogP contribution in [-0.2, 0) is 0 Å². The van der Waals surface area contributed by atoms with Crippen molar-refractivity contribution in [1.29, 1.82) is 0 Å². The van der Waals surface area contributed by atoms with E-state index in [2.05, 4.69) is 6.58 Å². The second kappa shape index (κ2) is 7.95. The summed E-state index contributed by atoms with van der Waals surface area (Å²) in [5.74, 6) is -13.4. The van der Waals surface area contributed by atoms with E-state index in [9.17, 15) is 39.5 Å². The molecular weight excluding hydrogens is 387 g/mol. The summed E-state index contributed by atoms with van der Waals surface area (Å²) in [7, 11) is 0. The summed E-state index contributed by atoms with van der Waals surface area (Å²) in [6.45, 7) is 4.23. The highest BCUT2D eigenvalue weighted by Crippen LogP contribution is 2.57. The molecule has 1 aliphatic rings. The highest BCUT2D eigenvalue weighted by molar-refractivity contribution is 7.98. The van der Waals surface area contributed by atoms with Gasteiger partial charge in [-0.15, -0.1) is 6.58 Å². The van der Waals surface area contributed by atoms with E-state index in [0.29, 0.717) is 10.8 Å². The molecule has 1 fully saturated rings. The van der Waals surface area contributed by atoms with Crippen LogP contribution in [0.5, 0.6) is 0 Å². The third kappa shape index (κ3) is 4.97. The van der Waals surface area contributed by atoms with Gasteiger partial charge in [0.05, 0.1) is 0 Å². The average molecular weight is 404 g/mol. The van der Waals surface area contributed by atoms with Gasteiger partial charge in [-0.05, 0) is 19.4 Å². The molecule has 0 N–H and O–H groups in total. The van der Waals surface area contributed by atoms with Crippen molar-refractivity contribution in [2.24, 2.45) is 0 Å². The fraction of sp³-hybridized carbons (Fsp3) is 0.846. The van der Waals surface area contributed by atoms with E-state index < -0.39 is 35.2 Å². The lowest BCUT2D eigenvalue weighted by atomic mass is 10.1. The van der Waals surface area contributed by atoms with Gasteiger partial charge in [0.25, 0.3) is 0 Å². The number of hydrogen-bond donors (Lipinski definition) is 0. The van der Waals surface area contributed by atoms with Gasteiger partial charge in [-0.2, -0.15) is 39.5 Å². The Morgan fingerprint density at radius 1 is 0.840 bits per heavy atom. The smallest absolute Gasteiger partial charge is 0.301 e. The Balaban J connectivity index is 2.68. The summed E-state index contributed by atoms with van der Waals surface area (Å²) in [6, 6.07) is 0. The molecule has 0 aromatic rings. The molecule has 0 unspecified atom stereocenters. The first-order valence-electron chi connectivity index (χ1n) is 7.24. The minimum atomic E-state index is -6.84. The number of halogens is 9. The Bertz CT molecular complexity index is 445. The van der Waals surface area contributed by atoms with Crippen LogP contribution in [0.1, 0.15) is 12.8 Å². The minimum absolute atomic E-state index is 0.165. The van der Waals surface area contributed by atoms with Crippen molar-refractivity contribution in [2.45, 2.75) is 36.1 Å². The lowest BCUT2D eigenvalue weighted by molar-refractivity contribution is -0.381. The number of allylic oxidation sites excluding steroid dienone is 1. The van der Waals surface area contributed by atoms with Crippen LogP contribution in [0.25, 0.3) is 0 Å². The lowest BCUT2D eigenvalue weighted by Gasteiger charge is -2.38. The fourth-order valence-electron chi connectivity index (χ4n) is 2.08. The molecule has 12 heteroatoms. The maximum Gasteiger partial charge on any atom is 0.460 e. The first-order valence-corrected chi connectivity index (χ1v) is 8.01. The monoisotopic (exact) mass is 404 g/mol. The summed E-state index contributed by atoms with van der Waals surface area (Å²) in [6.07, 6.45) is -3.62. The summed E-state index contributed by atoms with van der Waals surface area (Å²) in [4.78, 5) is 1.85. The fourth-order valence-corrected chi connectivity index (χ4v) is 3.00. The summed E-state index contributed by atoms with van der Waals surface area (Å²) >= 11 is -0.970. The maximum atomic E-state index is 13.5. The van der Waals surface area contributed by atoms with Crippen molar-refractivity contribution in [3.63, 3.8) is 0 Å². The van der Waals surface area contributed by atoms with Gasteiger partial charge in [0, 0.05) is 38.1 Å². The predicted octanol–water partition coefficient (Wildman–Crippen LogP) is 4.64. The number of nitrogens with zero attached hydrogens (tertiary/aromatic N) is 2. The summed E-state index contributed by atoms with van der Waals surface area (Å²) in [5, 5.41) is -5.61. The molecule has 0 radical (unpaired) electrons. The first-order chi connectivity index (χ1) is 11.3. The van der Waals surface area contributed by atoms with Crippen LogP contribution < -0.4 is 0 Å². The van der Waals surface area contributed by atoms with E-state index in [-0.39, 0.29) is 26.2 Å². The van der Waals surface area contributed by atoms with Gasteiger partial charge < -0.3 is 4.90 Å². The van der Waals surface area contributed by atoms with Crippen LogP contribution in [0.4, 0.5) is 39.5 Å². The SMILES string of the molecule is C=CCCCN1CCN(SC(F)(F)C(F)(F)C(F)(F)C(F)(F)F)CC1. The normalized spacial score (nSPS) is 19.2. The zero-order valence-corrected chi connectivity index (χ0v) is 13.8. The molecule has 0 aromatic carbocycles. The van der Waals surface area contributed by atoms with Gasteiger partial charge in [0.2, 0.25) is 0 Å². The quantitative estimate of drug-likeness (QED) is 0.252. The highest BCUT2D eigenvalue weighted by Gasteiger charge is 2.82. The topological polar surface area (TPSA) is 6.48 Å². The lowest BCUT2D eigenvalue weighted by Crippen LogP contribution is -2.60. The minimum Gasteiger partial charge on any atom is -0.301 e. The molecule has 1 rings (SSSR count). The third-order valence-corrected chi connectivity index (χ3v) is 4.68. The largest absolute Gasteiger partial charge is 0.460 e. The van der Waals surface area contributed by atoms with Gasteiger partial charge in [-0.1, -0.05) is 6.08 Å². The van der Waals surface area contributed by atoms with E-state index in [4.69, 9.17) is 0 Å². The van der Waals surface area contributed by atoms with E-state index in [1.807, 2.05) is 4.90 Å². The van der Waals surface area contributed by atoms with Gasteiger partial charge in [0.1, 0.15) is 0 Å². The number of rotatable bonds is 8. The second-order valence-corrected chi connectivity index (χ2v) is 6.67. The Kier molecular flexibility index (Phi) is 7.13. The summed E-state index contributed by atoms with van der Waals surface area (Å²) in [5.41, 5.74) is 0. The van der Waals surface area contributed by atoms with Crippen molar-refractivity contribution in [3.8, 4) is 0 Å². The van der Waals surface area contributed by atoms with Gasteiger partial charge in [0.15, 0.2) is 0 Å². The van der Waals surface area contributed by atoms with Crippen LogP contribution in [0.2, 0.25) is 0 Å². The van der Waals surface area contributed by atoms with Crippen LogP contribution >= 0.6 is 11.9 Å². The molecule has 0 amide bonds. The Labute approximate surface area is 143 Å². The van der Waals surface area contributed by atoms with Crippen molar-refractivity contribution in [2.75, 3.05) is 32.7 Å². The zero-order chi connectivity index (χ0) is 19.5. The molecule has 0 atom stereocenters. The van der Waals surface area contributed by atoms with E-state index in [1.165, 1.54) is 0 Å². The first kappa shape index (κ1) is 22.4. The van der Waals surface area contributed by atoms with Gasteiger partial charge >= 0.3 is 23.3 Å². The molecule has 0 bridgehead atoms. The molecule has 1 aliphatic heterocycles. The standard InChI is InChI=1S/C13H17F9N2S/c1-2-3-4-5-23-6-8-24(9-7-23)25-13(21,22)11(16,17)10(14,15)12(18,19)20/h2H,1,3-9H2. The van der Waals surface area contributed by atoms with Crippen LogP contribution in [0.3, 0.4) is 0 Å². The van der Waals surface area contributed by atoms with Crippen molar-refractivity contribution in [1.82, 2.24) is 9.21 Å². The van der Waals surface area contributed by atoms with Crippen molar-refractivity contribution < 1.29 is 39.5 Å². The van der Waals surface area contributed by atoms with Crippen molar-refractivity contribution in [3.05, 3.63) is 12.7 Å². The highest BCUT2D eigenvalue weighted by atomic mass is 32.2. The number of unbranched alkanes of at least 4 members (excludes halogenated alkanes) is 1.